The van der Waals surface area contributed by atoms with Gasteiger partial charge in [-0.25, -0.2) is 0 Å². The highest BCUT2D eigenvalue weighted by Crippen LogP contribution is 2.28. The number of hydrogen-bond donors (Lipinski definition) is 2. The summed E-state index contributed by atoms with van der Waals surface area (Å²) >= 11 is 1.87. The first-order valence-electron chi connectivity index (χ1n) is 7.24. The van der Waals surface area contributed by atoms with Crippen LogP contribution in [0.3, 0.4) is 0 Å². The van der Waals surface area contributed by atoms with Crippen LogP contribution >= 0.6 is 24.2 Å². The highest BCUT2D eigenvalue weighted by atomic mass is 35.5. The summed E-state index contributed by atoms with van der Waals surface area (Å²) in [4.78, 5) is 4.63. The van der Waals surface area contributed by atoms with Gasteiger partial charge in [-0.05, 0) is 42.7 Å². The molecule has 0 saturated carbocycles. The van der Waals surface area contributed by atoms with Gasteiger partial charge < -0.3 is 10.7 Å². The Morgan fingerprint density at radius 3 is 2.64 bits per heavy atom. The zero-order chi connectivity index (χ0) is 14.7. The number of benzene rings is 2. The summed E-state index contributed by atoms with van der Waals surface area (Å²) in [7, 11) is 0. The minimum atomic E-state index is 0. The van der Waals surface area contributed by atoms with Gasteiger partial charge in [0.05, 0.1) is 0 Å². The molecule has 1 atom stereocenters. The van der Waals surface area contributed by atoms with Gasteiger partial charge in [0.25, 0.3) is 0 Å². The second-order valence-corrected chi connectivity index (χ2v) is 6.53. The highest BCUT2D eigenvalue weighted by molar-refractivity contribution is 7.98. The lowest BCUT2D eigenvalue weighted by Gasteiger charge is -2.05. The first-order chi connectivity index (χ1) is 10.2. The number of aromatic amines is 1. The maximum atomic E-state index is 5.93. The Balaban J connectivity index is 0.00000176. The molecule has 0 spiro atoms. The Kier molecular flexibility index (Phi) is 5.95. The van der Waals surface area contributed by atoms with Gasteiger partial charge in [0.2, 0.25) is 0 Å². The van der Waals surface area contributed by atoms with E-state index in [1.165, 1.54) is 26.9 Å². The van der Waals surface area contributed by atoms with Crippen molar-refractivity contribution in [2.75, 3.05) is 0 Å². The van der Waals surface area contributed by atoms with E-state index in [-0.39, 0.29) is 18.4 Å². The number of nitrogens with one attached hydrogen (secondary N) is 1. The van der Waals surface area contributed by atoms with Gasteiger partial charge in [0, 0.05) is 33.8 Å². The predicted octanol–water partition coefficient (Wildman–Crippen LogP) is 4.77. The molecular weight excluding hydrogens is 312 g/mol. The van der Waals surface area contributed by atoms with E-state index in [1.807, 2.05) is 18.7 Å². The summed E-state index contributed by atoms with van der Waals surface area (Å²) in [6, 6.07) is 17.4. The molecule has 2 aromatic carbocycles. The molecule has 0 aliphatic carbocycles. The number of fused-ring (bicyclic) bond motifs is 1. The molecule has 1 aromatic heterocycles. The van der Waals surface area contributed by atoms with Gasteiger partial charge in [-0.1, -0.05) is 30.3 Å². The van der Waals surface area contributed by atoms with Crippen LogP contribution in [0.15, 0.2) is 59.6 Å². The largest absolute Gasteiger partial charge is 0.361 e. The van der Waals surface area contributed by atoms with Gasteiger partial charge >= 0.3 is 0 Å². The summed E-state index contributed by atoms with van der Waals surface area (Å²) in [5.74, 6) is 0.999. The lowest BCUT2D eigenvalue weighted by atomic mass is 10.1. The van der Waals surface area contributed by atoms with Crippen molar-refractivity contribution < 1.29 is 0 Å². The molecular formula is C18H21ClN2S. The predicted molar refractivity (Wildman–Crippen MR) is 98.9 cm³/mol. The van der Waals surface area contributed by atoms with Crippen LogP contribution in [0.25, 0.3) is 10.9 Å². The van der Waals surface area contributed by atoms with Crippen molar-refractivity contribution in [3.05, 3.63) is 65.9 Å². The molecule has 1 unspecified atom stereocenters. The lowest BCUT2D eigenvalue weighted by Crippen LogP contribution is -2.17. The summed E-state index contributed by atoms with van der Waals surface area (Å²) in [6.45, 7) is 2.05. The van der Waals surface area contributed by atoms with Crippen LogP contribution in [0.2, 0.25) is 0 Å². The van der Waals surface area contributed by atoms with Crippen LogP contribution in [0, 0.1) is 0 Å². The van der Waals surface area contributed by atoms with Crippen LogP contribution in [-0.2, 0) is 12.2 Å². The van der Waals surface area contributed by atoms with Gasteiger partial charge in [0.15, 0.2) is 0 Å². The maximum Gasteiger partial charge on any atom is 0.0457 e. The fourth-order valence-electron chi connectivity index (χ4n) is 2.50. The van der Waals surface area contributed by atoms with E-state index < -0.39 is 0 Å². The standard InChI is InChI=1S/C18H20N2S.ClH/c1-13(19)9-15-11-20-18-8-7-16(10-17(15)18)21-12-14-5-3-2-4-6-14;/h2-8,10-11,13,20H,9,12,19H2,1H3;1H. The van der Waals surface area contributed by atoms with E-state index >= 15 is 0 Å². The molecule has 0 aliphatic rings. The normalized spacial score (nSPS) is 12.1. The maximum absolute atomic E-state index is 5.93. The van der Waals surface area contributed by atoms with Crippen molar-refractivity contribution in [1.82, 2.24) is 4.98 Å². The van der Waals surface area contributed by atoms with E-state index in [2.05, 4.69) is 59.7 Å². The summed E-state index contributed by atoms with van der Waals surface area (Å²) < 4.78 is 0. The smallest absolute Gasteiger partial charge is 0.0457 e. The first-order valence-corrected chi connectivity index (χ1v) is 8.23. The van der Waals surface area contributed by atoms with E-state index in [9.17, 15) is 0 Å². The van der Waals surface area contributed by atoms with Gasteiger partial charge in [-0.2, -0.15) is 0 Å². The zero-order valence-electron chi connectivity index (χ0n) is 12.6. The minimum absolute atomic E-state index is 0. The van der Waals surface area contributed by atoms with Crippen LogP contribution < -0.4 is 5.73 Å². The SMILES string of the molecule is CC(N)Cc1c[nH]c2ccc(SCc3ccccc3)cc12.Cl. The average Bonchev–Trinajstić information content (AvgIpc) is 2.88. The van der Waals surface area contributed by atoms with Crippen molar-refractivity contribution in [3.8, 4) is 0 Å². The lowest BCUT2D eigenvalue weighted by molar-refractivity contribution is 0.741. The molecule has 3 aromatic rings. The third-order valence-electron chi connectivity index (χ3n) is 3.53. The third kappa shape index (κ3) is 4.07. The molecule has 22 heavy (non-hydrogen) atoms. The number of thioether (sulfide) groups is 1. The highest BCUT2D eigenvalue weighted by Gasteiger charge is 2.07. The molecule has 1 heterocycles. The van der Waals surface area contributed by atoms with E-state index in [4.69, 9.17) is 5.73 Å². The van der Waals surface area contributed by atoms with Crippen LogP contribution in [-0.4, -0.2) is 11.0 Å². The Morgan fingerprint density at radius 1 is 1.14 bits per heavy atom. The number of nitrogens with two attached hydrogens (primary N) is 1. The zero-order valence-corrected chi connectivity index (χ0v) is 14.2. The molecule has 0 amide bonds. The van der Waals surface area contributed by atoms with E-state index in [0.717, 1.165) is 12.2 Å². The Labute approximate surface area is 141 Å². The quantitative estimate of drug-likeness (QED) is 0.661. The number of rotatable bonds is 5. The molecule has 0 bridgehead atoms. The molecule has 0 radical (unpaired) electrons. The molecule has 0 fully saturated rings. The van der Waals surface area contributed by atoms with Crippen molar-refractivity contribution in [2.24, 2.45) is 5.73 Å². The molecule has 0 saturated heterocycles. The fourth-order valence-corrected chi connectivity index (χ4v) is 3.40. The van der Waals surface area contributed by atoms with Crippen molar-refractivity contribution in [3.63, 3.8) is 0 Å². The molecule has 0 aliphatic heterocycles. The number of H-pyrrole nitrogens is 1. The fraction of sp³-hybridized carbons (Fsp3) is 0.222. The van der Waals surface area contributed by atoms with Crippen molar-refractivity contribution in [1.29, 1.82) is 0 Å². The number of aromatic nitrogens is 1. The van der Waals surface area contributed by atoms with Crippen LogP contribution in [0.1, 0.15) is 18.1 Å². The summed E-state index contributed by atoms with van der Waals surface area (Å²) in [6.07, 6.45) is 2.99. The van der Waals surface area contributed by atoms with Crippen LogP contribution in [0.4, 0.5) is 0 Å². The topological polar surface area (TPSA) is 41.8 Å². The molecule has 3 rings (SSSR count). The summed E-state index contributed by atoms with van der Waals surface area (Å²) in [5.41, 5.74) is 9.78. The second-order valence-electron chi connectivity index (χ2n) is 5.48. The molecule has 2 nitrogen and oxygen atoms in total. The summed E-state index contributed by atoms with van der Waals surface area (Å²) in [5, 5.41) is 1.30. The Bertz CT molecular complexity index is 722. The minimum Gasteiger partial charge on any atom is -0.361 e. The number of halogens is 1. The van der Waals surface area contributed by atoms with E-state index in [1.54, 1.807) is 0 Å². The van der Waals surface area contributed by atoms with E-state index in [0.29, 0.717) is 0 Å². The Morgan fingerprint density at radius 2 is 1.91 bits per heavy atom. The second kappa shape index (κ2) is 7.73. The monoisotopic (exact) mass is 332 g/mol. The molecule has 116 valence electrons. The first kappa shape index (κ1) is 16.9. The van der Waals surface area contributed by atoms with Crippen molar-refractivity contribution in [2.45, 2.75) is 30.0 Å². The molecule has 4 heteroatoms. The molecule has 3 N–H and O–H groups in total. The van der Waals surface area contributed by atoms with Gasteiger partial charge in [-0.3, -0.25) is 0 Å². The van der Waals surface area contributed by atoms with Crippen LogP contribution in [0.5, 0.6) is 0 Å². The Hall–Kier alpha value is -1.42. The van der Waals surface area contributed by atoms with Gasteiger partial charge in [0.1, 0.15) is 0 Å². The number of hydrogen-bond acceptors (Lipinski definition) is 2. The third-order valence-corrected chi connectivity index (χ3v) is 4.59. The van der Waals surface area contributed by atoms with Gasteiger partial charge in [-0.15, -0.1) is 24.2 Å². The van der Waals surface area contributed by atoms with Crippen molar-refractivity contribution >= 4 is 35.1 Å². The average molecular weight is 333 g/mol.